The van der Waals surface area contributed by atoms with E-state index in [-0.39, 0.29) is 16.8 Å². The third-order valence-corrected chi connectivity index (χ3v) is 5.85. The predicted molar refractivity (Wildman–Crippen MR) is 82.5 cm³/mol. The standard InChI is InChI=1S/C14H17BrN2O3S/c15-13-6-5-11(21(19,20)17-10-3-4-10)7-12(13)14(18)16-8-9-1-2-9/h5-7,9-10,17H,1-4,8H2,(H,16,18). The molecule has 7 heteroatoms. The van der Waals surface area contributed by atoms with Gasteiger partial charge in [0.15, 0.2) is 0 Å². The third kappa shape index (κ3) is 3.84. The quantitative estimate of drug-likeness (QED) is 0.801. The summed E-state index contributed by atoms with van der Waals surface area (Å²) in [6, 6.07) is 4.59. The molecule has 1 aromatic rings. The minimum absolute atomic E-state index is 0.0470. The first-order valence-electron chi connectivity index (χ1n) is 7.06. The third-order valence-electron chi connectivity index (χ3n) is 3.64. The Morgan fingerprint density at radius 3 is 2.57 bits per heavy atom. The first kappa shape index (κ1) is 15.0. The van der Waals surface area contributed by atoms with Crippen molar-refractivity contribution in [3.8, 4) is 0 Å². The van der Waals surface area contributed by atoms with Crippen LogP contribution in [0.25, 0.3) is 0 Å². The Hall–Kier alpha value is -0.920. The van der Waals surface area contributed by atoms with Gasteiger partial charge in [-0.05, 0) is 65.7 Å². The number of carbonyl (C=O) groups is 1. The van der Waals surface area contributed by atoms with E-state index < -0.39 is 10.0 Å². The molecule has 2 fully saturated rings. The topological polar surface area (TPSA) is 75.3 Å². The van der Waals surface area contributed by atoms with Crippen LogP contribution >= 0.6 is 15.9 Å². The molecule has 0 spiro atoms. The van der Waals surface area contributed by atoms with Gasteiger partial charge in [-0.3, -0.25) is 4.79 Å². The van der Waals surface area contributed by atoms with Crippen LogP contribution in [-0.4, -0.2) is 26.9 Å². The lowest BCUT2D eigenvalue weighted by Gasteiger charge is -2.10. The van der Waals surface area contributed by atoms with Crippen molar-refractivity contribution in [2.24, 2.45) is 5.92 Å². The molecule has 2 aliphatic rings. The predicted octanol–water partition coefficient (Wildman–Crippen LogP) is 2.03. The number of hydrogen-bond acceptors (Lipinski definition) is 3. The van der Waals surface area contributed by atoms with Crippen LogP contribution in [0.2, 0.25) is 0 Å². The molecule has 0 unspecified atom stereocenters. The Bertz CT molecular complexity index is 667. The molecule has 2 N–H and O–H groups in total. The van der Waals surface area contributed by atoms with Crippen LogP contribution in [0.15, 0.2) is 27.6 Å². The van der Waals surface area contributed by atoms with Gasteiger partial charge < -0.3 is 5.32 Å². The maximum atomic E-state index is 12.2. The zero-order valence-electron chi connectivity index (χ0n) is 11.4. The maximum Gasteiger partial charge on any atom is 0.252 e. The van der Waals surface area contributed by atoms with Gasteiger partial charge in [0.25, 0.3) is 5.91 Å². The van der Waals surface area contributed by atoms with Gasteiger partial charge in [0.2, 0.25) is 10.0 Å². The fourth-order valence-electron chi connectivity index (χ4n) is 1.99. The Morgan fingerprint density at radius 1 is 1.24 bits per heavy atom. The Morgan fingerprint density at radius 2 is 1.95 bits per heavy atom. The summed E-state index contributed by atoms with van der Waals surface area (Å²) in [5, 5.41) is 2.85. The summed E-state index contributed by atoms with van der Waals surface area (Å²) < 4.78 is 27.6. The molecule has 0 atom stereocenters. The van der Waals surface area contributed by atoms with Crippen LogP contribution in [0.4, 0.5) is 0 Å². The van der Waals surface area contributed by atoms with Gasteiger partial charge in [-0.15, -0.1) is 0 Å². The second-order valence-corrected chi connectivity index (χ2v) is 8.26. The molecule has 0 heterocycles. The van der Waals surface area contributed by atoms with Gasteiger partial charge in [-0.2, -0.15) is 0 Å². The van der Waals surface area contributed by atoms with Gasteiger partial charge in [-0.25, -0.2) is 13.1 Å². The highest BCUT2D eigenvalue weighted by molar-refractivity contribution is 9.10. The molecule has 2 aliphatic carbocycles. The number of halogens is 1. The average Bonchev–Trinajstić information content (AvgIpc) is 3.31. The van der Waals surface area contributed by atoms with E-state index in [1.807, 2.05) is 0 Å². The highest BCUT2D eigenvalue weighted by Crippen LogP contribution is 2.28. The van der Waals surface area contributed by atoms with Crippen molar-refractivity contribution in [2.75, 3.05) is 6.54 Å². The summed E-state index contributed by atoms with van der Waals surface area (Å²) in [6.07, 6.45) is 4.07. The molecule has 2 saturated carbocycles. The SMILES string of the molecule is O=C(NCC1CC1)c1cc(S(=O)(=O)NC2CC2)ccc1Br. The maximum absolute atomic E-state index is 12.2. The number of benzene rings is 1. The lowest BCUT2D eigenvalue weighted by Crippen LogP contribution is -2.28. The number of carbonyl (C=O) groups excluding carboxylic acids is 1. The Kier molecular flexibility index (Phi) is 4.07. The number of amides is 1. The summed E-state index contributed by atoms with van der Waals surface area (Å²) in [4.78, 5) is 12.3. The fraction of sp³-hybridized carbons (Fsp3) is 0.500. The van der Waals surface area contributed by atoms with Crippen LogP contribution < -0.4 is 10.0 Å². The van der Waals surface area contributed by atoms with E-state index >= 15 is 0 Å². The van der Waals surface area contributed by atoms with Crippen molar-refractivity contribution in [1.82, 2.24) is 10.0 Å². The first-order chi connectivity index (χ1) is 9.95. The summed E-state index contributed by atoms with van der Waals surface area (Å²) in [6.45, 7) is 0.655. The van der Waals surface area contributed by atoms with E-state index in [4.69, 9.17) is 0 Å². The van der Waals surface area contributed by atoms with E-state index in [1.165, 1.54) is 12.1 Å². The van der Waals surface area contributed by atoms with E-state index in [0.717, 1.165) is 25.7 Å². The lowest BCUT2D eigenvalue weighted by molar-refractivity contribution is 0.0951. The molecule has 1 aromatic carbocycles. The zero-order chi connectivity index (χ0) is 15.0. The monoisotopic (exact) mass is 372 g/mol. The second-order valence-electron chi connectivity index (χ2n) is 5.69. The highest BCUT2D eigenvalue weighted by Gasteiger charge is 2.29. The molecule has 1 amide bonds. The molecule has 3 rings (SSSR count). The van der Waals surface area contributed by atoms with E-state index in [0.29, 0.717) is 22.5 Å². The van der Waals surface area contributed by atoms with Gasteiger partial charge in [-0.1, -0.05) is 0 Å². The highest BCUT2D eigenvalue weighted by atomic mass is 79.9. The van der Waals surface area contributed by atoms with Gasteiger partial charge in [0.05, 0.1) is 10.5 Å². The second kappa shape index (κ2) is 5.70. The van der Waals surface area contributed by atoms with Crippen LogP contribution in [0.3, 0.4) is 0 Å². The molecule has 0 aromatic heterocycles. The van der Waals surface area contributed by atoms with Crippen LogP contribution in [-0.2, 0) is 10.0 Å². The van der Waals surface area contributed by atoms with Crippen molar-refractivity contribution < 1.29 is 13.2 Å². The van der Waals surface area contributed by atoms with Crippen LogP contribution in [0.1, 0.15) is 36.0 Å². The number of rotatable bonds is 6. The molecule has 0 radical (unpaired) electrons. The average molecular weight is 373 g/mol. The molecule has 0 saturated heterocycles. The molecule has 5 nitrogen and oxygen atoms in total. The molecule has 114 valence electrons. The summed E-state index contributed by atoms with van der Waals surface area (Å²) in [7, 11) is -3.54. The summed E-state index contributed by atoms with van der Waals surface area (Å²) in [5.74, 6) is 0.341. The van der Waals surface area contributed by atoms with E-state index in [1.54, 1.807) is 6.07 Å². The van der Waals surface area contributed by atoms with Crippen LogP contribution in [0, 0.1) is 5.92 Å². The van der Waals surface area contributed by atoms with Crippen molar-refractivity contribution in [3.05, 3.63) is 28.2 Å². The minimum Gasteiger partial charge on any atom is -0.352 e. The normalized spacial score (nSPS) is 18.5. The van der Waals surface area contributed by atoms with Crippen LogP contribution in [0.5, 0.6) is 0 Å². The Balaban J connectivity index is 1.79. The zero-order valence-corrected chi connectivity index (χ0v) is 13.8. The molecule has 21 heavy (non-hydrogen) atoms. The Labute approximate surface area is 132 Å². The fourth-order valence-corrected chi connectivity index (χ4v) is 3.75. The van der Waals surface area contributed by atoms with Crippen molar-refractivity contribution in [3.63, 3.8) is 0 Å². The summed E-state index contributed by atoms with van der Waals surface area (Å²) >= 11 is 3.31. The lowest BCUT2D eigenvalue weighted by atomic mass is 10.2. The van der Waals surface area contributed by atoms with Crippen molar-refractivity contribution >= 4 is 31.9 Å². The number of hydrogen-bond donors (Lipinski definition) is 2. The smallest absolute Gasteiger partial charge is 0.252 e. The van der Waals surface area contributed by atoms with Gasteiger partial charge >= 0.3 is 0 Å². The van der Waals surface area contributed by atoms with Crippen molar-refractivity contribution in [1.29, 1.82) is 0 Å². The van der Waals surface area contributed by atoms with Gasteiger partial charge in [0.1, 0.15) is 0 Å². The minimum atomic E-state index is -3.54. The molecule has 0 bridgehead atoms. The number of nitrogens with one attached hydrogen (secondary N) is 2. The largest absolute Gasteiger partial charge is 0.352 e. The number of sulfonamides is 1. The molecule has 0 aliphatic heterocycles. The van der Waals surface area contributed by atoms with Gasteiger partial charge in [0, 0.05) is 17.1 Å². The molecular weight excluding hydrogens is 356 g/mol. The van der Waals surface area contributed by atoms with E-state index in [9.17, 15) is 13.2 Å². The first-order valence-corrected chi connectivity index (χ1v) is 9.33. The van der Waals surface area contributed by atoms with E-state index in [2.05, 4.69) is 26.0 Å². The summed E-state index contributed by atoms with van der Waals surface area (Å²) in [5.41, 5.74) is 0.356. The van der Waals surface area contributed by atoms with Crippen molar-refractivity contribution in [2.45, 2.75) is 36.6 Å². The molecular formula is C14H17BrN2O3S.